The molecule has 0 fully saturated rings. The molecule has 1 aromatic carbocycles. The van der Waals surface area contributed by atoms with E-state index in [0.29, 0.717) is 6.61 Å². The van der Waals surface area contributed by atoms with E-state index >= 15 is 0 Å². The van der Waals surface area contributed by atoms with Crippen LogP contribution in [0, 0.1) is 0 Å². The van der Waals surface area contributed by atoms with E-state index in [2.05, 4.69) is 36.5 Å². The van der Waals surface area contributed by atoms with Crippen molar-refractivity contribution < 1.29 is 9.53 Å². The van der Waals surface area contributed by atoms with E-state index in [0.717, 1.165) is 12.0 Å². The molecule has 1 amide bonds. The van der Waals surface area contributed by atoms with Gasteiger partial charge in [0.25, 0.3) is 0 Å². The second-order valence-corrected chi connectivity index (χ2v) is 4.02. The summed E-state index contributed by atoms with van der Waals surface area (Å²) in [5.41, 5.74) is 2.42. The molecule has 1 N–H and O–H groups in total. The van der Waals surface area contributed by atoms with Gasteiger partial charge in [-0.15, -0.1) is 0 Å². The summed E-state index contributed by atoms with van der Waals surface area (Å²) in [6, 6.07) is 8.34. The van der Waals surface area contributed by atoms with Gasteiger partial charge in [-0.3, -0.25) is 4.79 Å². The number of aryl methyl sites for hydroxylation is 1. The van der Waals surface area contributed by atoms with E-state index in [1.807, 2.05) is 13.8 Å². The summed E-state index contributed by atoms with van der Waals surface area (Å²) in [5, 5.41) is 2.90. The highest BCUT2D eigenvalue weighted by atomic mass is 16.5. The fourth-order valence-corrected chi connectivity index (χ4v) is 1.60. The van der Waals surface area contributed by atoms with Crippen molar-refractivity contribution in [2.24, 2.45) is 0 Å². The third-order valence-corrected chi connectivity index (χ3v) is 2.70. The molecule has 1 aromatic rings. The molecule has 3 nitrogen and oxygen atoms in total. The summed E-state index contributed by atoms with van der Waals surface area (Å²) in [6.07, 6.45) is 1.03. The Bertz CT molecular complexity index is 346. The van der Waals surface area contributed by atoms with E-state index in [1.165, 1.54) is 5.56 Å². The van der Waals surface area contributed by atoms with Crippen molar-refractivity contribution in [2.45, 2.75) is 33.2 Å². The third kappa shape index (κ3) is 4.57. The third-order valence-electron chi connectivity index (χ3n) is 2.70. The molecule has 0 aliphatic heterocycles. The number of nitrogens with one attached hydrogen (secondary N) is 1. The van der Waals surface area contributed by atoms with E-state index in [-0.39, 0.29) is 18.6 Å². The Morgan fingerprint density at radius 2 is 1.94 bits per heavy atom. The van der Waals surface area contributed by atoms with Crippen LogP contribution in [-0.2, 0) is 16.0 Å². The molecule has 0 heterocycles. The summed E-state index contributed by atoms with van der Waals surface area (Å²) in [7, 11) is 0. The maximum Gasteiger partial charge on any atom is 0.246 e. The van der Waals surface area contributed by atoms with Crippen molar-refractivity contribution in [3.8, 4) is 0 Å². The molecule has 0 saturated carbocycles. The lowest BCUT2D eigenvalue weighted by atomic mass is 10.1. The first-order valence-electron chi connectivity index (χ1n) is 6.13. The average Bonchev–Trinajstić information content (AvgIpc) is 2.36. The summed E-state index contributed by atoms with van der Waals surface area (Å²) in [5.74, 6) is -0.0704. The van der Waals surface area contributed by atoms with Gasteiger partial charge in [0, 0.05) is 6.61 Å². The maximum absolute atomic E-state index is 11.5. The van der Waals surface area contributed by atoms with Gasteiger partial charge in [-0.1, -0.05) is 31.2 Å². The zero-order chi connectivity index (χ0) is 12.7. The second kappa shape index (κ2) is 7.07. The Morgan fingerprint density at radius 3 is 2.47 bits per heavy atom. The standard InChI is InChI=1S/C14H21NO2/c1-4-12-6-8-13(9-7-12)11(3)15-14(16)10-17-5-2/h6-9,11H,4-5,10H2,1-3H3,(H,15,16)/t11-/m1/s1. The topological polar surface area (TPSA) is 38.3 Å². The van der Waals surface area contributed by atoms with E-state index < -0.39 is 0 Å². The molecule has 0 radical (unpaired) electrons. The average molecular weight is 235 g/mol. The first kappa shape index (κ1) is 13.7. The number of rotatable bonds is 6. The van der Waals surface area contributed by atoms with Gasteiger partial charge in [0.1, 0.15) is 6.61 Å². The minimum Gasteiger partial charge on any atom is -0.372 e. The fraction of sp³-hybridized carbons (Fsp3) is 0.500. The molecule has 17 heavy (non-hydrogen) atoms. The lowest BCUT2D eigenvalue weighted by Crippen LogP contribution is -2.30. The van der Waals surface area contributed by atoms with E-state index in [4.69, 9.17) is 4.74 Å². The smallest absolute Gasteiger partial charge is 0.246 e. The molecule has 0 aliphatic rings. The summed E-state index contributed by atoms with van der Waals surface area (Å²) in [4.78, 5) is 11.5. The van der Waals surface area contributed by atoms with Crippen molar-refractivity contribution >= 4 is 5.91 Å². The first-order valence-corrected chi connectivity index (χ1v) is 6.13. The Balaban J connectivity index is 2.51. The molecule has 0 saturated heterocycles. The van der Waals surface area contributed by atoms with Gasteiger partial charge in [-0.25, -0.2) is 0 Å². The van der Waals surface area contributed by atoms with Crippen LogP contribution in [0.1, 0.15) is 37.9 Å². The highest BCUT2D eigenvalue weighted by Crippen LogP contribution is 2.13. The zero-order valence-electron chi connectivity index (χ0n) is 10.8. The van der Waals surface area contributed by atoms with Crippen LogP contribution in [0.4, 0.5) is 0 Å². The van der Waals surface area contributed by atoms with Crippen LogP contribution in [-0.4, -0.2) is 19.1 Å². The molecule has 94 valence electrons. The summed E-state index contributed by atoms with van der Waals surface area (Å²) < 4.78 is 5.06. The maximum atomic E-state index is 11.5. The zero-order valence-corrected chi connectivity index (χ0v) is 10.8. The van der Waals surface area contributed by atoms with Gasteiger partial charge in [0.2, 0.25) is 5.91 Å². The second-order valence-electron chi connectivity index (χ2n) is 4.02. The number of carbonyl (C=O) groups is 1. The molecule has 3 heteroatoms. The number of amides is 1. The van der Waals surface area contributed by atoms with Crippen LogP contribution < -0.4 is 5.32 Å². The number of hydrogen-bond donors (Lipinski definition) is 1. The van der Waals surface area contributed by atoms with Gasteiger partial charge >= 0.3 is 0 Å². The highest BCUT2D eigenvalue weighted by Gasteiger charge is 2.08. The predicted octanol–water partition coefficient (Wildman–Crippen LogP) is 2.46. The summed E-state index contributed by atoms with van der Waals surface area (Å²) in [6.45, 7) is 6.67. The number of carbonyl (C=O) groups excluding carboxylic acids is 1. The Morgan fingerprint density at radius 1 is 1.29 bits per heavy atom. The van der Waals surface area contributed by atoms with Crippen LogP contribution in [0.2, 0.25) is 0 Å². The molecule has 0 spiro atoms. The quantitative estimate of drug-likeness (QED) is 0.822. The Kier molecular flexibility index (Phi) is 5.70. The molecule has 1 rings (SSSR count). The number of benzene rings is 1. The number of hydrogen-bond acceptors (Lipinski definition) is 2. The molecular formula is C14H21NO2. The van der Waals surface area contributed by atoms with Crippen molar-refractivity contribution in [2.75, 3.05) is 13.2 Å². The minimum absolute atomic E-state index is 0.0221. The van der Waals surface area contributed by atoms with Crippen molar-refractivity contribution in [1.29, 1.82) is 0 Å². The molecular weight excluding hydrogens is 214 g/mol. The van der Waals surface area contributed by atoms with E-state index in [1.54, 1.807) is 0 Å². The van der Waals surface area contributed by atoms with Gasteiger partial charge in [-0.05, 0) is 31.4 Å². The highest BCUT2D eigenvalue weighted by molar-refractivity contribution is 5.77. The lowest BCUT2D eigenvalue weighted by Gasteiger charge is -2.14. The van der Waals surface area contributed by atoms with Crippen LogP contribution >= 0.6 is 0 Å². The van der Waals surface area contributed by atoms with Crippen molar-refractivity contribution in [1.82, 2.24) is 5.32 Å². The van der Waals surface area contributed by atoms with E-state index in [9.17, 15) is 4.79 Å². The normalized spacial score (nSPS) is 12.2. The largest absolute Gasteiger partial charge is 0.372 e. The van der Waals surface area contributed by atoms with Crippen molar-refractivity contribution in [3.05, 3.63) is 35.4 Å². The van der Waals surface area contributed by atoms with Gasteiger partial charge < -0.3 is 10.1 Å². The van der Waals surface area contributed by atoms with Crippen molar-refractivity contribution in [3.63, 3.8) is 0 Å². The number of ether oxygens (including phenoxy) is 1. The van der Waals surface area contributed by atoms with Crippen LogP contribution in [0.25, 0.3) is 0 Å². The lowest BCUT2D eigenvalue weighted by molar-refractivity contribution is -0.126. The predicted molar refractivity (Wildman–Crippen MR) is 68.9 cm³/mol. The van der Waals surface area contributed by atoms with Gasteiger partial charge in [-0.2, -0.15) is 0 Å². The molecule has 1 atom stereocenters. The Hall–Kier alpha value is -1.35. The first-order chi connectivity index (χ1) is 8.17. The fourth-order valence-electron chi connectivity index (χ4n) is 1.60. The monoisotopic (exact) mass is 235 g/mol. The summed E-state index contributed by atoms with van der Waals surface area (Å²) >= 11 is 0. The van der Waals surface area contributed by atoms with Gasteiger partial charge in [0.05, 0.1) is 6.04 Å². The molecule has 0 aliphatic carbocycles. The van der Waals surface area contributed by atoms with Crippen LogP contribution in [0.5, 0.6) is 0 Å². The van der Waals surface area contributed by atoms with Gasteiger partial charge in [0.15, 0.2) is 0 Å². The SMILES string of the molecule is CCOCC(=O)N[C@H](C)c1ccc(CC)cc1. The Labute approximate surface area is 103 Å². The molecule has 0 unspecified atom stereocenters. The van der Waals surface area contributed by atoms with Crippen LogP contribution in [0.3, 0.4) is 0 Å². The molecule has 0 aromatic heterocycles. The molecule has 0 bridgehead atoms. The van der Waals surface area contributed by atoms with Crippen LogP contribution in [0.15, 0.2) is 24.3 Å². The minimum atomic E-state index is -0.0704.